The zero-order valence-corrected chi connectivity index (χ0v) is 19.8. The molecular weight excluding hydrogens is 391 g/mol. The average molecular weight is 425 g/mol. The van der Waals surface area contributed by atoms with E-state index in [4.69, 9.17) is 8.39 Å². The number of rotatable bonds is 6. The minimum Gasteiger partial charge on any atom is -0.419 e. The molecule has 1 atom stereocenters. The van der Waals surface area contributed by atoms with E-state index in [0.29, 0.717) is 6.16 Å². The van der Waals surface area contributed by atoms with E-state index in [0.717, 1.165) is 28.4 Å². The minimum atomic E-state index is -1.29. The molecule has 3 nitrogen and oxygen atoms in total. The lowest BCUT2D eigenvalue weighted by molar-refractivity contribution is -0.125. The summed E-state index contributed by atoms with van der Waals surface area (Å²) >= 11 is 0. The first-order chi connectivity index (χ1) is 14.2. The summed E-state index contributed by atoms with van der Waals surface area (Å²) < 4.78 is 12.7. The van der Waals surface area contributed by atoms with Crippen LogP contribution in [0.1, 0.15) is 48.0 Å². The van der Waals surface area contributed by atoms with Crippen molar-refractivity contribution in [3.8, 4) is 0 Å². The SMILES string of the molecule is CC=C(CC(Cp1oc2ccccc2c2ccccc2o1)C(=O)C(C)C)C(C)(C)C. The molecule has 0 bridgehead atoms. The third-order valence-corrected chi connectivity index (χ3v) is 7.12. The number of para-hydroxylation sites is 2. The lowest BCUT2D eigenvalue weighted by Gasteiger charge is -2.27. The number of ketones is 1. The number of hydrogen-bond donors (Lipinski definition) is 0. The largest absolute Gasteiger partial charge is 0.419 e. The fraction of sp³-hybridized carbons (Fsp3) is 0.423. The van der Waals surface area contributed by atoms with Gasteiger partial charge in [-0.25, -0.2) is 0 Å². The van der Waals surface area contributed by atoms with Crippen LogP contribution in [0.3, 0.4) is 0 Å². The van der Waals surface area contributed by atoms with Crippen molar-refractivity contribution in [1.29, 1.82) is 0 Å². The highest BCUT2D eigenvalue weighted by Crippen LogP contribution is 2.41. The number of Topliss-reactive ketones (excluding diaryl/α,β-unsaturated/α-hetero) is 1. The number of benzene rings is 2. The van der Waals surface area contributed by atoms with Crippen LogP contribution in [0.5, 0.6) is 0 Å². The maximum atomic E-state index is 13.1. The molecule has 0 amide bonds. The second-order valence-electron chi connectivity index (χ2n) is 9.21. The summed E-state index contributed by atoms with van der Waals surface area (Å²) in [6.45, 7) is 12.6. The Bertz CT molecular complexity index is 1040. The molecule has 0 radical (unpaired) electrons. The zero-order valence-electron chi connectivity index (χ0n) is 18.9. The summed E-state index contributed by atoms with van der Waals surface area (Å²) in [4.78, 5) is 13.1. The van der Waals surface area contributed by atoms with E-state index < -0.39 is 8.01 Å². The van der Waals surface area contributed by atoms with Crippen LogP contribution in [0.25, 0.3) is 21.9 Å². The van der Waals surface area contributed by atoms with Crippen LogP contribution in [0, 0.1) is 17.3 Å². The number of carbonyl (C=O) groups excluding carboxylic acids is 1. The first-order valence-electron chi connectivity index (χ1n) is 10.7. The van der Waals surface area contributed by atoms with Crippen molar-refractivity contribution in [2.45, 2.75) is 54.1 Å². The Hall–Kier alpha value is -2.25. The smallest absolute Gasteiger partial charge is 0.217 e. The predicted molar refractivity (Wildman–Crippen MR) is 127 cm³/mol. The number of fused-ring (bicyclic) bond motifs is 3. The molecule has 0 saturated carbocycles. The third-order valence-electron chi connectivity index (χ3n) is 5.58. The molecule has 0 fully saturated rings. The number of carbonyl (C=O) groups is 1. The van der Waals surface area contributed by atoms with E-state index in [1.165, 1.54) is 5.57 Å². The molecule has 160 valence electrons. The molecule has 4 heteroatoms. The summed E-state index contributed by atoms with van der Waals surface area (Å²) in [5.41, 5.74) is 2.98. The molecule has 2 aromatic carbocycles. The fourth-order valence-corrected chi connectivity index (χ4v) is 5.49. The Morgan fingerprint density at radius 2 is 1.47 bits per heavy atom. The van der Waals surface area contributed by atoms with E-state index in [-0.39, 0.29) is 23.0 Å². The van der Waals surface area contributed by atoms with Crippen molar-refractivity contribution in [3.63, 3.8) is 0 Å². The van der Waals surface area contributed by atoms with Gasteiger partial charge in [-0.3, -0.25) is 4.79 Å². The van der Waals surface area contributed by atoms with Crippen LogP contribution in [-0.2, 0) is 11.0 Å². The highest BCUT2D eigenvalue weighted by atomic mass is 31.1. The van der Waals surface area contributed by atoms with Gasteiger partial charge < -0.3 is 8.39 Å². The molecule has 0 spiro atoms. The first-order valence-corrected chi connectivity index (χ1v) is 12.1. The summed E-state index contributed by atoms with van der Waals surface area (Å²) in [6, 6.07) is 16.1. The standard InChI is InChI=1S/C26H33O3P/c1-7-20(26(4,5)6)16-19(25(27)18(2)3)17-30-28-23-14-10-8-12-21(23)22-13-9-11-15-24(22)29-30/h7-15,18-19H,16-17H2,1-6H3. The van der Waals surface area contributed by atoms with Gasteiger partial charge in [0.2, 0.25) is 8.01 Å². The monoisotopic (exact) mass is 424 g/mol. The fourth-order valence-electron chi connectivity index (χ4n) is 3.88. The quantitative estimate of drug-likeness (QED) is 0.372. The molecule has 0 aliphatic heterocycles. The highest BCUT2D eigenvalue weighted by molar-refractivity contribution is 7.36. The number of hydrogen-bond acceptors (Lipinski definition) is 3. The predicted octanol–water partition coefficient (Wildman–Crippen LogP) is 8.51. The van der Waals surface area contributed by atoms with Crippen LogP contribution in [0.2, 0.25) is 0 Å². The Balaban J connectivity index is 2.10. The summed E-state index contributed by atoms with van der Waals surface area (Å²) in [5.74, 6) is 0.132. The maximum Gasteiger partial charge on any atom is 0.217 e. The molecule has 0 saturated heterocycles. The van der Waals surface area contributed by atoms with Crippen LogP contribution in [0.4, 0.5) is 0 Å². The van der Waals surface area contributed by atoms with Gasteiger partial charge in [-0.1, -0.05) is 82.7 Å². The van der Waals surface area contributed by atoms with Crippen molar-refractivity contribution in [2.24, 2.45) is 17.3 Å². The molecule has 1 heterocycles. The van der Waals surface area contributed by atoms with Crippen molar-refractivity contribution < 1.29 is 13.2 Å². The van der Waals surface area contributed by atoms with Crippen molar-refractivity contribution >= 4 is 35.7 Å². The van der Waals surface area contributed by atoms with E-state index in [1.54, 1.807) is 0 Å². The zero-order chi connectivity index (χ0) is 21.9. The Morgan fingerprint density at radius 3 is 1.90 bits per heavy atom. The third kappa shape index (κ3) is 5.08. The van der Waals surface area contributed by atoms with Crippen LogP contribution in [0.15, 0.2) is 68.6 Å². The average Bonchev–Trinajstić information content (AvgIpc) is 2.85. The molecule has 3 rings (SSSR count). The Kier molecular flexibility index (Phi) is 6.93. The minimum absolute atomic E-state index is 0.0189. The molecule has 1 aromatic heterocycles. The molecular formula is C26H33O3P. The topological polar surface area (TPSA) is 43.4 Å². The van der Waals surface area contributed by atoms with Crippen molar-refractivity contribution in [3.05, 3.63) is 60.2 Å². The van der Waals surface area contributed by atoms with Crippen LogP contribution < -0.4 is 0 Å². The Labute approximate surface area is 180 Å². The summed E-state index contributed by atoms with van der Waals surface area (Å²) in [7, 11) is -1.29. The first kappa shape index (κ1) is 22.4. The second kappa shape index (κ2) is 9.27. The van der Waals surface area contributed by atoms with Gasteiger partial charge in [-0.05, 0) is 30.9 Å². The van der Waals surface area contributed by atoms with E-state index in [9.17, 15) is 4.79 Å². The van der Waals surface area contributed by atoms with Gasteiger partial charge in [0.05, 0.1) is 6.16 Å². The van der Waals surface area contributed by atoms with Gasteiger partial charge in [-0.2, -0.15) is 0 Å². The normalized spacial score (nSPS) is 13.8. The molecule has 3 aromatic rings. The van der Waals surface area contributed by atoms with Gasteiger partial charge in [0.1, 0.15) is 16.9 Å². The van der Waals surface area contributed by atoms with E-state index in [1.807, 2.05) is 50.2 Å². The van der Waals surface area contributed by atoms with Gasteiger partial charge in [0, 0.05) is 22.6 Å². The molecule has 0 N–H and O–H groups in total. The van der Waals surface area contributed by atoms with Gasteiger partial charge in [0.15, 0.2) is 0 Å². The number of allylic oxidation sites excluding steroid dienone is 2. The molecule has 1 unspecified atom stereocenters. The van der Waals surface area contributed by atoms with Gasteiger partial charge >= 0.3 is 0 Å². The molecule has 30 heavy (non-hydrogen) atoms. The van der Waals surface area contributed by atoms with Crippen LogP contribution in [-0.4, -0.2) is 5.78 Å². The highest BCUT2D eigenvalue weighted by Gasteiger charge is 2.28. The summed E-state index contributed by atoms with van der Waals surface area (Å²) in [5, 5.41) is 2.07. The van der Waals surface area contributed by atoms with Gasteiger partial charge in [0.25, 0.3) is 0 Å². The van der Waals surface area contributed by atoms with Gasteiger partial charge in [-0.15, -0.1) is 0 Å². The van der Waals surface area contributed by atoms with E-state index >= 15 is 0 Å². The molecule has 0 aliphatic rings. The van der Waals surface area contributed by atoms with Crippen molar-refractivity contribution in [1.82, 2.24) is 0 Å². The molecule has 0 aliphatic carbocycles. The lowest BCUT2D eigenvalue weighted by atomic mass is 9.79. The van der Waals surface area contributed by atoms with E-state index in [2.05, 4.69) is 45.9 Å². The maximum absolute atomic E-state index is 13.1. The van der Waals surface area contributed by atoms with Crippen molar-refractivity contribution in [2.75, 3.05) is 0 Å². The second-order valence-corrected chi connectivity index (χ2v) is 10.6. The lowest BCUT2D eigenvalue weighted by Crippen LogP contribution is -2.23. The summed E-state index contributed by atoms with van der Waals surface area (Å²) in [6.07, 6.45) is 3.49. The Morgan fingerprint density at radius 1 is 0.967 bits per heavy atom. The van der Waals surface area contributed by atoms with Crippen LogP contribution >= 0.6 is 8.01 Å².